The van der Waals surface area contributed by atoms with E-state index in [0.29, 0.717) is 29.6 Å². The second-order valence-electron chi connectivity index (χ2n) is 6.30. The molecule has 0 amide bonds. The van der Waals surface area contributed by atoms with Crippen molar-refractivity contribution < 1.29 is 20.1 Å². The van der Waals surface area contributed by atoms with Crippen molar-refractivity contribution in [3.05, 3.63) is 52.7 Å². The summed E-state index contributed by atoms with van der Waals surface area (Å²) in [5.74, 6) is 0.525. The molecule has 3 N–H and O–H groups in total. The van der Waals surface area contributed by atoms with E-state index in [0.717, 1.165) is 9.40 Å². The van der Waals surface area contributed by atoms with Crippen LogP contribution in [0.25, 0.3) is 20.2 Å². The number of rotatable bonds is 9. The third-order valence-electron chi connectivity index (χ3n) is 4.29. The van der Waals surface area contributed by atoms with Crippen LogP contribution in [0.15, 0.2) is 47.3 Å². The van der Waals surface area contributed by atoms with Crippen LogP contribution in [0, 0.1) is 0 Å². The van der Waals surface area contributed by atoms with E-state index in [1.54, 1.807) is 28.4 Å². The number of hydrogen-bond donors (Lipinski definition) is 3. The van der Waals surface area contributed by atoms with Crippen molar-refractivity contribution in [1.29, 1.82) is 0 Å². The second kappa shape index (κ2) is 9.25. The Morgan fingerprint density at radius 2 is 1.70 bits per heavy atom. The lowest BCUT2D eigenvalue weighted by Crippen LogP contribution is -2.38. The SMILES string of the molecule is O=c1c2ccccc2sc2ccc(OCC(O)CN(CCO)CCO)cc12. The number of fused-ring (bicyclic) bond motifs is 2. The molecule has 0 bridgehead atoms. The topological polar surface area (TPSA) is 90.2 Å². The van der Waals surface area contributed by atoms with Crippen LogP contribution in [-0.2, 0) is 0 Å². The molecule has 0 saturated heterocycles. The van der Waals surface area contributed by atoms with Gasteiger partial charge in [0.05, 0.1) is 13.2 Å². The normalized spacial score (nSPS) is 12.7. The van der Waals surface area contributed by atoms with E-state index in [1.807, 2.05) is 30.3 Å². The Bertz CT molecular complexity index is 952. The monoisotopic (exact) mass is 389 g/mol. The first-order valence-corrected chi connectivity index (χ1v) is 9.64. The molecule has 1 heterocycles. The zero-order chi connectivity index (χ0) is 19.2. The first kappa shape index (κ1) is 19.7. The molecule has 144 valence electrons. The van der Waals surface area contributed by atoms with Gasteiger partial charge in [-0.05, 0) is 30.3 Å². The molecule has 0 aliphatic heterocycles. The molecule has 0 saturated carbocycles. The molecule has 3 rings (SSSR count). The predicted molar refractivity (Wildman–Crippen MR) is 108 cm³/mol. The highest BCUT2D eigenvalue weighted by molar-refractivity contribution is 7.24. The summed E-state index contributed by atoms with van der Waals surface area (Å²) >= 11 is 1.56. The number of nitrogens with zero attached hydrogens (tertiary/aromatic N) is 1. The Kier molecular flexibility index (Phi) is 6.76. The third kappa shape index (κ3) is 4.82. The minimum Gasteiger partial charge on any atom is -0.491 e. The molecular formula is C20H23NO5S. The van der Waals surface area contributed by atoms with Gasteiger partial charge in [-0.1, -0.05) is 12.1 Å². The molecule has 1 unspecified atom stereocenters. The summed E-state index contributed by atoms with van der Waals surface area (Å²) in [4.78, 5) is 14.5. The largest absolute Gasteiger partial charge is 0.491 e. The van der Waals surface area contributed by atoms with Crippen molar-refractivity contribution >= 4 is 31.5 Å². The second-order valence-corrected chi connectivity index (χ2v) is 7.38. The zero-order valence-electron chi connectivity index (χ0n) is 14.9. The number of benzene rings is 2. The fraction of sp³-hybridized carbons (Fsp3) is 0.350. The van der Waals surface area contributed by atoms with Gasteiger partial charge in [-0.3, -0.25) is 9.69 Å². The number of aliphatic hydroxyl groups is 3. The molecule has 0 aliphatic rings. The van der Waals surface area contributed by atoms with Gasteiger partial charge in [0.1, 0.15) is 18.5 Å². The van der Waals surface area contributed by atoms with Crippen LogP contribution < -0.4 is 10.2 Å². The lowest BCUT2D eigenvalue weighted by atomic mass is 10.2. The minimum atomic E-state index is -0.773. The first-order valence-electron chi connectivity index (χ1n) is 8.83. The maximum atomic E-state index is 12.7. The van der Waals surface area contributed by atoms with Crippen LogP contribution in [-0.4, -0.2) is 65.8 Å². The summed E-state index contributed by atoms with van der Waals surface area (Å²) in [6.07, 6.45) is -0.773. The third-order valence-corrected chi connectivity index (χ3v) is 5.44. The van der Waals surface area contributed by atoms with Crippen molar-refractivity contribution in [2.45, 2.75) is 6.10 Å². The van der Waals surface area contributed by atoms with Crippen molar-refractivity contribution in [3.8, 4) is 5.75 Å². The van der Waals surface area contributed by atoms with Crippen LogP contribution in [0.5, 0.6) is 5.75 Å². The van der Waals surface area contributed by atoms with E-state index in [4.69, 9.17) is 14.9 Å². The van der Waals surface area contributed by atoms with Crippen LogP contribution in [0.3, 0.4) is 0 Å². The molecule has 3 aromatic rings. The molecule has 0 spiro atoms. The highest BCUT2D eigenvalue weighted by atomic mass is 32.1. The number of aliphatic hydroxyl groups excluding tert-OH is 3. The van der Waals surface area contributed by atoms with E-state index in [2.05, 4.69) is 0 Å². The molecular weight excluding hydrogens is 366 g/mol. The highest BCUT2D eigenvalue weighted by Crippen LogP contribution is 2.27. The first-order chi connectivity index (χ1) is 13.1. The van der Waals surface area contributed by atoms with Gasteiger partial charge in [0.15, 0.2) is 5.43 Å². The molecule has 1 aromatic heterocycles. The summed E-state index contributed by atoms with van der Waals surface area (Å²) in [5.41, 5.74) is -0.0255. The summed E-state index contributed by atoms with van der Waals surface area (Å²) < 4.78 is 7.51. The molecule has 27 heavy (non-hydrogen) atoms. The van der Waals surface area contributed by atoms with Crippen molar-refractivity contribution in [2.75, 3.05) is 39.5 Å². The molecule has 2 aromatic carbocycles. The molecule has 0 aliphatic carbocycles. The lowest BCUT2D eigenvalue weighted by molar-refractivity contribution is 0.0552. The van der Waals surface area contributed by atoms with Gasteiger partial charge >= 0.3 is 0 Å². The van der Waals surface area contributed by atoms with Crippen molar-refractivity contribution in [1.82, 2.24) is 4.90 Å². The smallest absolute Gasteiger partial charge is 0.196 e. The Hall–Kier alpha value is -2.03. The standard InChI is InChI=1S/C20H23NO5S/c22-9-7-21(8-10-23)12-14(24)13-26-15-5-6-19-17(11-15)20(25)16-3-1-2-4-18(16)27-19/h1-6,11,14,22-24H,7-10,12-13H2. The summed E-state index contributed by atoms with van der Waals surface area (Å²) in [5, 5.41) is 29.5. The molecule has 7 heteroatoms. The van der Waals surface area contributed by atoms with E-state index in [-0.39, 0.29) is 31.8 Å². The summed E-state index contributed by atoms with van der Waals surface area (Å²) in [6, 6.07) is 12.9. The Morgan fingerprint density at radius 3 is 2.44 bits per heavy atom. The quantitative estimate of drug-likeness (QED) is 0.480. The Balaban J connectivity index is 1.73. The van der Waals surface area contributed by atoms with Gasteiger partial charge in [-0.15, -0.1) is 11.3 Å². The lowest BCUT2D eigenvalue weighted by Gasteiger charge is -2.23. The zero-order valence-corrected chi connectivity index (χ0v) is 15.7. The van der Waals surface area contributed by atoms with Crippen LogP contribution in [0.4, 0.5) is 0 Å². The van der Waals surface area contributed by atoms with Crippen LogP contribution in [0.1, 0.15) is 0 Å². The van der Waals surface area contributed by atoms with Gasteiger partial charge in [-0.25, -0.2) is 0 Å². The Labute approximate surface area is 160 Å². The predicted octanol–water partition coefficient (Wildman–Crippen LogP) is 1.44. The van der Waals surface area contributed by atoms with Gasteiger partial charge in [0.25, 0.3) is 0 Å². The van der Waals surface area contributed by atoms with Crippen molar-refractivity contribution in [2.24, 2.45) is 0 Å². The molecule has 0 fully saturated rings. The van der Waals surface area contributed by atoms with Crippen LogP contribution in [0.2, 0.25) is 0 Å². The van der Waals surface area contributed by atoms with Gasteiger partial charge in [0, 0.05) is 39.8 Å². The number of hydrogen-bond acceptors (Lipinski definition) is 7. The Morgan fingerprint density at radius 1 is 1.00 bits per heavy atom. The molecule has 1 atom stereocenters. The van der Waals surface area contributed by atoms with Gasteiger partial charge in [-0.2, -0.15) is 0 Å². The molecule has 6 nitrogen and oxygen atoms in total. The highest BCUT2D eigenvalue weighted by Gasteiger charge is 2.13. The van der Waals surface area contributed by atoms with E-state index < -0.39 is 6.10 Å². The van der Waals surface area contributed by atoms with E-state index in [9.17, 15) is 9.90 Å². The summed E-state index contributed by atoms with van der Waals surface area (Å²) in [6.45, 7) is 1.01. The average molecular weight is 389 g/mol. The fourth-order valence-corrected chi connectivity index (χ4v) is 4.04. The van der Waals surface area contributed by atoms with Gasteiger partial charge < -0.3 is 20.1 Å². The maximum absolute atomic E-state index is 12.7. The van der Waals surface area contributed by atoms with E-state index >= 15 is 0 Å². The number of ether oxygens (including phenoxy) is 1. The fourth-order valence-electron chi connectivity index (χ4n) is 2.99. The average Bonchev–Trinajstić information content (AvgIpc) is 2.67. The maximum Gasteiger partial charge on any atom is 0.196 e. The van der Waals surface area contributed by atoms with Gasteiger partial charge in [0.2, 0.25) is 0 Å². The van der Waals surface area contributed by atoms with Crippen LogP contribution >= 0.6 is 11.3 Å². The minimum absolute atomic E-state index is 0.0255. The van der Waals surface area contributed by atoms with E-state index in [1.165, 1.54) is 0 Å². The van der Waals surface area contributed by atoms with Crippen molar-refractivity contribution in [3.63, 3.8) is 0 Å². The molecule has 0 radical (unpaired) electrons. The summed E-state index contributed by atoms with van der Waals surface area (Å²) in [7, 11) is 0.